The number of amides is 2. The predicted octanol–water partition coefficient (Wildman–Crippen LogP) is 3.60. The first-order valence-electron chi connectivity index (χ1n) is 9.88. The monoisotopic (exact) mass is 423 g/mol. The number of carbonyl (C=O) groups is 2. The number of aliphatic imine (C=N–C) groups is 1. The average Bonchev–Trinajstić information content (AvgIpc) is 3.06. The molecule has 0 radical (unpaired) electrons. The number of benzene rings is 2. The molecule has 2 N–H and O–H groups in total. The second-order valence-corrected chi connectivity index (χ2v) is 7.81. The van der Waals surface area contributed by atoms with E-state index in [4.69, 9.17) is 5.11 Å². The molecule has 3 rings (SSSR count). The fraction of sp³-hybridized carbons (Fsp3) is 0.261. The number of carbonyl (C=O) groups excluding carboxylic acids is 2. The van der Waals surface area contributed by atoms with E-state index < -0.39 is 0 Å². The highest BCUT2D eigenvalue weighted by molar-refractivity contribution is 8.19. The second kappa shape index (κ2) is 10.2. The van der Waals surface area contributed by atoms with Gasteiger partial charge in [-0.3, -0.25) is 19.5 Å². The van der Waals surface area contributed by atoms with Crippen molar-refractivity contribution < 1.29 is 14.7 Å². The summed E-state index contributed by atoms with van der Waals surface area (Å²) in [6, 6.07) is 14.8. The van der Waals surface area contributed by atoms with Gasteiger partial charge in [0.25, 0.3) is 11.8 Å². The number of hydrogen-bond acceptors (Lipinski definition) is 5. The van der Waals surface area contributed by atoms with Crippen LogP contribution in [0.4, 0.5) is 5.69 Å². The molecule has 2 amide bonds. The third kappa shape index (κ3) is 4.98. The fourth-order valence-electron chi connectivity index (χ4n) is 2.97. The van der Waals surface area contributed by atoms with Crippen LogP contribution in [0.5, 0.6) is 0 Å². The van der Waals surface area contributed by atoms with E-state index in [1.165, 1.54) is 11.8 Å². The number of aliphatic hydroxyl groups excluding tert-OH is 1. The number of anilines is 1. The van der Waals surface area contributed by atoms with E-state index in [0.29, 0.717) is 22.2 Å². The Balaban J connectivity index is 1.87. The topological polar surface area (TPSA) is 82.0 Å². The van der Waals surface area contributed by atoms with Gasteiger partial charge in [0.1, 0.15) is 0 Å². The molecule has 1 heterocycles. The van der Waals surface area contributed by atoms with E-state index in [0.717, 1.165) is 23.2 Å². The molecule has 0 aromatic heterocycles. The van der Waals surface area contributed by atoms with Gasteiger partial charge in [-0.2, -0.15) is 0 Å². The molecule has 0 unspecified atom stereocenters. The largest absolute Gasteiger partial charge is 0.395 e. The van der Waals surface area contributed by atoms with E-state index in [-0.39, 0.29) is 25.0 Å². The van der Waals surface area contributed by atoms with Crippen LogP contribution in [-0.4, -0.2) is 41.8 Å². The van der Waals surface area contributed by atoms with Crippen molar-refractivity contribution in [3.05, 3.63) is 70.1 Å². The molecule has 0 bridgehead atoms. The summed E-state index contributed by atoms with van der Waals surface area (Å²) in [5.41, 5.74) is 3.17. The molecule has 156 valence electrons. The maximum Gasteiger partial charge on any atom is 0.271 e. The quantitative estimate of drug-likeness (QED) is 0.667. The van der Waals surface area contributed by atoms with Crippen molar-refractivity contribution in [2.75, 3.05) is 24.6 Å². The molecule has 2 aromatic carbocycles. The summed E-state index contributed by atoms with van der Waals surface area (Å²) in [6.45, 7) is 4.80. The van der Waals surface area contributed by atoms with Gasteiger partial charge < -0.3 is 10.4 Å². The number of rotatable bonds is 7. The summed E-state index contributed by atoms with van der Waals surface area (Å²) in [4.78, 5) is 32.1. The second-order valence-electron chi connectivity index (χ2n) is 6.80. The SMILES string of the molecule is CCCN=C1S/C(=C\c2ccc(C(=O)NCCO)cc2)C(=O)N1c1ccccc1C. The van der Waals surface area contributed by atoms with E-state index in [9.17, 15) is 9.59 Å². The van der Waals surface area contributed by atoms with Gasteiger partial charge in [0.15, 0.2) is 5.17 Å². The van der Waals surface area contributed by atoms with Crippen LogP contribution < -0.4 is 10.2 Å². The highest BCUT2D eigenvalue weighted by Gasteiger charge is 2.35. The minimum absolute atomic E-state index is 0.103. The minimum Gasteiger partial charge on any atom is -0.395 e. The number of aliphatic hydroxyl groups is 1. The van der Waals surface area contributed by atoms with E-state index >= 15 is 0 Å². The summed E-state index contributed by atoms with van der Waals surface area (Å²) in [6.07, 6.45) is 2.72. The van der Waals surface area contributed by atoms with Crippen molar-refractivity contribution in [1.82, 2.24) is 5.32 Å². The summed E-state index contributed by atoms with van der Waals surface area (Å²) < 4.78 is 0. The van der Waals surface area contributed by atoms with Crippen molar-refractivity contribution >= 4 is 40.5 Å². The predicted molar refractivity (Wildman–Crippen MR) is 123 cm³/mol. The van der Waals surface area contributed by atoms with Crippen LogP contribution in [0.1, 0.15) is 34.8 Å². The normalized spacial score (nSPS) is 16.5. The number of amidine groups is 1. The zero-order chi connectivity index (χ0) is 21.5. The zero-order valence-electron chi connectivity index (χ0n) is 17.1. The van der Waals surface area contributed by atoms with Crippen LogP contribution in [0.25, 0.3) is 6.08 Å². The number of hydrogen-bond donors (Lipinski definition) is 2. The molecule has 0 spiro atoms. The lowest BCUT2D eigenvalue weighted by Crippen LogP contribution is -2.29. The van der Waals surface area contributed by atoms with Gasteiger partial charge in [0.05, 0.1) is 17.2 Å². The molecule has 2 aromatic rings. The summed E-state index contributed by atoms with van der Waals surface area (Å²) in [7, 11) is 0. The average molecular weight is 424 g/mol. The van der Waals surface area contributed by atoms with Crippen LogP contribution in [0.15, 0.2) is 58.4 Å². The first-order valence-corrected chi connectivity index (χ1v) is 10.7. The lowest BCUT2D eigenvalue weighted by molar-refractivity contribution is -0.113. The Kier molecular flexibility index (Phi) is 7.43. The lowest BCUT2D eigenvalue weighted by atomic mass is 10.1. The maximum atomic E-state index is 13.2. The summed E-state index contributed by atoms with van der Waals surface area (Å²) in [5, 5.41) is 12.1. The Hall–Kier alpha value is -2.90. The third-order valence-corrected chi connectivity index (χ3v) is 5.51. The van der Waals surface area contributed by atoms with Gasteiger partial charge >= 0.3 is 0 Å². The number of para-hydroxylation sites is 1. The first kappa shape index (κ1) is 21.8. The van der Waals surface area contributed by atoms with E-state index in [1.54, 1.807) is 29.2 Å². The van der Waals surface area contributed by atoms with Crippen molar-refractivity contribution in [2.45, 2.75) is 20.3 Å². The molecule has 0 aliphatic carbocycles. The van der Waals surface area contributed by atoms with Crippen LogP contribution in [0.2, 0.25) is 0 Å². The maximum absolute atomic E-state index is 13.2. The van der Waals surface area contributed by atoms with Crippen LogP contribution in [0.3, 0.4) is 0 Å². The Morgan fingerprint density at radius 3 is 2.60 bits per heavy atom. The Morgan fingerprint density at radius 1 is 1.20 bits per heavy atom. The molecule has 1 saturated heterocycles. The summed E-state index contributed by atoms with van der Waals surface area (Å²) in [5.74, 6) is -0.344. The minimum atomic E-state index is -0.241. The van der Waals surface area contributed by atoms with Gasteiger partial charge in [0.2, 0.25) is 0 Å². The lowest BCUT2D eigenvalue weighted by Gasteiger charge is -2.17. The standard InChI is InChI=1S/C23H25N3O3S/c1-3-12-25-23-26(19-7-5-4-6-16(19)2)22(29)20(30-23)15-17-8-10-18(11-9-17)21(28)24-13-14-27/h4-11,15,27H,3,12-14H2,1-2H3,(H,24,28)/b20-15-,25-23?. The number of nitrogens with zero attached hydrogens (tertiary/aromatic N) is 2. The van der Waals surface area contributed by atoms with E-state index in [1.807, 2.05) is 37.3 Å². The molecule has 7 heteroatoms. The Morgan fingerprint density at radius 2 is 1.93 bits per heavy atom. The number of nitrogens with one attached hydrogen (secondary N) is 1. The van der Waals surface area contributed by atoms with Crippen molar-refractivity contribution in [1.29, 1.82) is 0 Å². The van der Waals surface area contributed by atoms with Gasteiger partial charge in [-0.25, -0.2) is 0 Å². The highest BCUT2D eigenvalue weighted by atomic mass is 32.2. The zero-order valence-corrected chi connectivity index (χ0v) is 17.9. The van der Waals surface area contributed by atoms with Crippen LogP contribution in [-0.2, 0) is 4.79 Å². The van der Waals surface area contributed by atoms with Gasteiger partial charge in [-0.15, -0.1) is 0 Å². The molecule has 30 heavy (non-hydrogen) atoms. The summed E-state index contributed by atoms with van der Waals surface area (Å²) >= 11 is 1.37. The smallest absolute Gasteiger partial charge is 0.271 e. The Labute approximate surface area is 180 Å². The van der Waals surface area contributed by atoms with Crippen LogP contribution in [0, 0.1) is 6.92 Å². The number of aryl methyl sites for hydroxylation is 1. The van der Waals surface area contributed by atoms with Gasteiger partial charge in [-0.05, 0) is 60.5 Å². The molecule has 6 nitrogen and oxygen atoms in total. The highest BCUT2D eigenvalue weighted by Crippen LogP contribution is 2.37. The molecule has 0 saturated carbocycles. The third-order valence-electron chi connectivity index (χ3n) is 4.50. The Bertz CT molecular complexity index is 983. The molecule has 1 fully saturated rings. The molecule has 0 atom stereocenters. The fourth-order valence-corrected chi connectivity index (χ4v) is 3.97. The van der Waals surface area contributed by atoms with Crippen molar-refractivity contribution in [2.24, 2.45) is 4.99 Å². The first-order chi connectivity index (χ1) is 14.5. The van der Waals surface area contributed by atoms with Gasteiger partial charge in [0, 0.05) is 18.7 Å². The van der Waals surface area contributed by atoms with E-state index in [2.05, 4.69) is 17.2 Å². The molecular weight excluding hydrogens is 398 g/mol. The number of thioether (sulfide) groups is 1. The molecular formula is C23H25N3O3S. The van der Waals surface area contributed by atoms with Gasteiger partial charge in [-0.1, -0.05) is 37.3 Å². The van der Waals surface area contributed by atoms with Crippen molar-refractivity contribution in [3.63, 3.8) is 0 Å². The molecule has 1 aliphatic heterocycles. The van der Waals surface area contributed by atoms with Crippen LogP contribution >= 0.6 is 11.8 Å². The van der Waals surface area contributed by atoms with Crippen molar-refractivity contribution in [3.8, 4) is 0 Å². The molecule has 1 aliphatic rings.